The lowest BCUT2D eigenvalue weighted by molar-refractivity contribution is -0.149. The number of hydrogen-bond acceptors (Lipinski definition) is 3. The average Bonchev–Trinajstić information content (AvgIpc) is 2.73. The summed E-state index contributed by atoms with van der Waals surface area (Å²) in [6, 6.07) is 6.80. The largest absolute Gasteiger partial charge is 0.480 e. The molecule has 0 radical (unpaired) electrons. The van der Waals surface area contributed by atoms with Crippen molar-refractivity contribution in [2.45, 2.75) is 30.9 Å². The maximum absolute atomic E-state index is 12.4. The van der Waals surface area contributed by atoms with E-state index in [4.69, 9.17) is 5.11 Å². The molecule has 1 heterocycles. The molecule has 1 aliphatic heterocycles. The van der Waals surface area contributed by atoms with Gasteiger partial charge in [-0.3, -0.25) is 4.79 Å². The molecular formula is C14H15NO4. The van der Waals surface area contributed by atoms with Gasteiger partial charge in [-0.15, -0.1) is 0 Å². The van der Waals surface area contributed by atoms with Gasteiger partial charge in [-0.1, -0.05) is 24.3 Å². The Hall–Kier alpha value is -1.88. The molecule has 5 heteroatoms. The first kappa shape index (κ1) is 12.2. The minimum absolute atomic E-state index is 0.120. The predicted molar refractivity (Wildman–Crippen MR) is 66.6 cm³/mol. The fourth-order valence-electron chi connectivity index (χ4n) is 2.97. The van der Waals surface area contributed by atoms with Crippen LogP contribution in [-0.4, -0.2) is 45.7 Å². The van der Waals surface area contributed by atoms with Gasteiger partial charge < -0.3 is 15.1 Å². The number of carboxylic acid groups (broad SMARTS) is 1. The van der Waals surface area contributed by atoms with E-state index in [1.165, 1.54) is 4.90 Å². The zero-order chi connectivity index (χ0) is 13.6. The van der Waals surface area contributed by atoms with Gasteiger partial charge in [-0.05, 0) is 17.5 Å². The molecule has 1 unspecified atom stereocenters. The van der Waals surface area contributed by atoms with Gasteiger partial charge in [-0.25, -0.2) is 4.79 Å². The summed E-state index contributed by atoms with van der Waals surface area (Å²) in [4.78, 5) is 24.8. The number of hydrogen-bond donors (Lipinski definition) is 2. The van der Waals surface area contributed by atoms with Crippen molar-refractivity contribution >= 4 is 11.9 Å². The Balaban J connectivity index is 1.80. The first-order chi connectivity index (χ1) is 9.08. The Morgan fingerprint density at radius 3 is 2.68 bits per heavy atom. The number of β-amino-alcohol motifs (C(OH)–C–C–N with tert-alkyl or cyclic N) is 1. The van der Waals surface area contributed by atoms with Crippen molar-refractivity contribution < 1.29 is 19.8 Å². The quantitative estimate of drug-likeness (QED) is 0.806. The summed E-state index contributed by atoms with van der Waals surface area (Å²) in [7, 11) is 0. The molecule has 3 rings (SSSR count). The molecule has 1 aliphatic carbocycles. The van der Waals surface area contributed by atoms with Crippen LogP contribution in [-0.2, 0) is 16.0 Å². The van der Waals surface area contributed by atoms with E-state index >= 15 is 0 Å². The summed E-state index contributed by atoms with van der Waals surface area (Å²) in [6.07, 6.45) is 0.0454. The van der Waals surface area contributed by atoms with Gasteiger partial charge in [0, 0.05) is 13.0 Å². The van der Waals surface area contributed by atoms with Crippen molar-refractivity contribution in [3.63, 3.8) is 0 Å². The first-order valence-electron chi connectivity index (χ1n) is 6.37. The van der Waals surface area contributed by atoms with E-state index in [2.05, 4.69) is 0 Å². The van der Waals surface area contributed by atoms with Gasteiger partial charge in [0.25, 0.3) is 0 Å². The third kappa shape index (κ3) is 1.90. The molecule has 0 saturated carbocycles. The highest BCUT2D eigenvalue weighted by Crippen LogP contribution is 2.37. The van der Waals surface area contributed by atoms with Gasteiger partial charge in [-0.2, -0.15) is 0 Å². The molecule has 0 spiro atoms. The highest BCUT2D eigenvalue weighted by molar-refractivity contribution is 5.91. The van der Waals surface area contributed by atoms with Crippen LogP contribution in [0.5, 0.6) is 0 Å². The van der Waals surface area contributed by atoms with Gasteiger partial charge >= 0.3 is 5.97 Å². The maximum Gasteiger partial charge on any atom is 0.326 e. The number of nitrogens with zero attached hydrogens (tertiary/aromatic N) is 1. The van der Waals surface area contributed by atoms with Crippen LogP contribution in [0.2, 0.25) is 0 Å². The predicted octanol–water partition coefficient (Wildman–Crippen LogP) is 0.373. The Bertz CT molecular complexity index is 542. The van der Waals surface area contributed by atoms with Crippen LogP contribution in [0.15, 0.2) is 24.3 Å². The van der Waals surface area contributed by atoms with Crippen LogP contribution in [0.3, 0.4) is 0 Å². The van der Waals surface area contributed by atoms with Crippen LogP contribution in [0.1, 0.15) is 23.5 Å². The van der Waals surface area contributed by atoms with Crippen LogP contribution >= 0.6 is 0 Å². The SMILES string of the molecule is O=C(O)[C@@H]1C[C@@H](O)CN1C(=O)C1Cc2ccccc21. The fourth-order valence-corrected chi connectivity index (χ4v) is 2.97. The number of fused-ring (bicyclic) bond motifs is 1. The summed E-state index contributed by atoms with van der Waals surface area (Å²) in [5.41, 5.74) is 2.13. The van der Waals surface area contributed by atoms with Crippen molar-refractivity contribution in [1.29, 1.82) is 0 Å². The lowest BCUT2D eigenvalue weighted by Crippen LogP contribution is -2.45. The van der Waals surface area contributed by atoms with Crippen molar-refractivity contribution in [3.8, 4) is 0 Å². The lowest BCUT2D eigenvalue weighted by Gasteiger charge is -2.33. The number of rotatable bonds is 2. The fraction of sp³-hybridized carbons (Fsp3) is 0.429. The Morgan fingerprint density at radius 2 is 2.00 bits per heavy atom. The maximum atomic E-state index is 12.4. The van der Waals surface area contributed by atoms with E-state index in [-0.39, 0.29) is 24.8 Å². The van der Waals surface area contributed by atoms with E-state index in [0.717, 1.165) is 11.1 Å². The summed E-state index contributed by atoms with van der Waals surface area (Å²) in [5, 5.41) is 18.7. The monoisotopic (exact) mass is 261 g/mol. The molecule has 19 heavy (non-hydrogen) atoms. The molecule has 0 aromatic heterocycles. The smallest absolute Gasteiger partial charge is 0.326 e. The Kier molecular flexibility index (Phi) is 2.78. The average molecular weight is 261 g/mol. The standard InChI is InChI=1S/C14H15NO4/c16-9-6-12(14(18)19)15(7-9)13(17)11-5-8-3-1-2-4-10(8)11/h1-4,9,11-12,16H,5-7H2,(H,18,19)/t9-,11?,12+/m1/s1. The van der Waals surface area contributed by atoms with Crippen molar-refractivity contribution in [2.24, 2.45) is 0 Å². The third-order valence-corrected chi connectivity index (χ3v) is 4.00. The number of likely N-dealkylation sites (tertiary alicyclic amines) is 1. The molecule has 1 aromatic rings. The minimum atomic E-state index is -1.04. The highest BCUT2D eigenvalue weighted by Gasteiger charge is 2.43. The number of carbonyl (C=O) groups is 2. The third-order valence-electron chi connectivity index (χ3n) is 4.00. The second-order valence-corrected chi connectivity index (χ2v) is 5.19. The van der Waals surface area contributed by atoms with Gasteiger partial charge in [0.05, 0.1) is 12.0 Å². The Morgan fingerprint density at radius 1 is 1.26 bits per heavy atom. The highest BCUT2D eigenvalue weighted by atomic mass is 16.4. The van der Waals surface area contributed by atoms with Crippen molar-refractivity contribution in [1.82, 2.24) is 4.90 Å². The molecule has 2 N–H and O–H groups in total. The van der Waals surface area contributed by atoms with Crippen molar-refractivity contribution in [3.05, 3.63) is 35.4 Å². The van der Waals surface area contributed by atoms with Crippen LogP contribution in [0.25, 0.3) is 0 Å². The second kappa shape index (κ2) is 4.35. The topological polar surface area (TPSA) is 77.8 Å². The second-order valence-electron chi connectivity index (χ2n) is 5.19. The number of benzene rings is 1. The molecule has 1 fully saturated rings. The zero-order valence-electron chi connectivity index (χ0n) is 10.3. The summed E-state index contributed by atoms with van der Waals surface area (Å²) in [5.74, 6) is -1.47. The van der Waals surface area contributed by atoms with Gasteiger partial charge in [0.2, 0.25) is 5.91 Å². The molecule has 100 valence electrons. The van der Waals surface area contributed by atoms with E-state index < -0.39 is 18.1 Å². The normalized spacial score (nSPS) is 28.7. The molecule has 3 atom stereocenters. The molecule has 2 aliphatic rings. The number of carbonyl (C=O) groups excluding carboxylic acids is 1. The molecule has 1 aromatic carbocycles. The van der Waals surface area contributed by atoms with E-state index in [1.54, 1.807) is 0 Å². The molecular weight excluding hydrogens is 246 g/mol. The van der Waals surface area contributed by atoms with Gasteiger partial charge in [0.1, 0.15) is 6.04 Å². The summed E-state index contributed by atoms with van der Waals surface area (Å²) >= 11 is 0. The number of aliphatic hydroxyl groups excluding tert-OH is 1. The molecule has 1 saturated heterocycles. The van der Waals surface area contributed by atoms with E-state index in [9.17, 15) is 14.7 Å². The molecule has 5 nitrogen and oxygen atoms in total. The zero-order valence-corrected chi connectivity index (χ0v) is 10.3. The van der Waals surface area contributed by atoms with Gasteiger partial charge in [0.15, 0.2) is 0 Å². The lowest BCUT2D eigenvalue weighted by atomic mass is 9.77. The summed E-state index contributed by atoms with van der Waals surface area (Å²) in [6.45, 7) is 0.120. The van der Waals surface area contributed by atoms with E-state index in [0.29, 0.717) is 6.42 Å². The minimum Gasteiger partial charge on any atom is -0.480 e. The number of aliphatic carboxylic acids is 1. The first-order valence-corrected chi connectivity index (χ1v) is 6.37. The van der Waals surface area contributed by atoms with Crippen LogP contribution in [0, 0.1) is 0 Å². The summed E-state index contributed by atoms with van der Waals surface area (Å²) < 4.78 is 0. The van der Waals surface area contributed by atoms with Crippen LogP contribution in [0.4, 0.5) is 0 Å². The van der Waals surface area contributed by atoms with Crippen molar-refractivity contribution in [2.75, 3.05) is 6.54 Å². The number of carboxylic acids is 1. The van der Waals surface area contributed by atoms with E-state index in [1.807, 2.05) is 24.3 Å². The molecule has 0 bridgehead atoms. The number of aliphatic hydroxyl groups is 1. The molecule has 1 amide bonds. The number of amides is 1. The Labute approximate surface area is 110 Å². The van der Waals surface area contributed by atoms with Crippen LogP contribution < -0.4 is 0 Å².